The molecule has 0 saturated carbocycles. The van der Waals surface area contributed by atoms with Crippen molar-refractivity contribution in [3.05, 3.63) is 133 Å². The maximum atomic E-state index is 14.1. The summed E-state index contributed by atoms with van der Waals surface area (Å²) in [5, 5.41) is 1.85. The van der Waals surface area contributed by atoms with Crippen molar-refractivity contribution in [1.29, 1.82) is 0 Å². The molecule has 2 aromatic heterocycles. The third-order valence-electron chi connectivity index (χ3n) is 7.31. The van der Waals surface area contributed by atoms with Crippen LogP contribution in [0.25, 0.3) is 21.8 Å². The maximum absolute atomic E-state index is 14.1. The van der Waals surface area contributed by atoms with Crippen LogP contribution in [0.1, 0.15) is 29.8 Å². The molecule has 10 heteroatoms. The van der Waals surface area contributed by atoms with Gasteiger partial charge in [0.1, 0.15) is 23.0 Å². The summed E-state index contributed by atoms with van der Waals surface area (Å²) in [6.45, 7) is 7.78. The Kier molecular flexibility index (Phi) is 9.97. The number of Topliss-reactive ketones (excluding diaryl/α,β-unsaturated/α-hetero) is 1. The van der Waals surface area contributed by atoms with E-state index in [2.05, 4.69) is 9.97 Å². The fraction of sp³-hybridized carbons (Fsp3) is 0.184. The largest absolute Gasteiger partial charge is 0.455 e. The van der Waals surface area contributed by atoms with Crippen molar-refractivity contribution in [3.8, 4) is 23.0 Å². The molecule has 4 aromatic carbocycles. The number of benzene rings is 4. The zero-order chi connectivity index (χ0) is 34.5. The van der Waals surface area contributed by atoms with Crippen LogP contribution in [0.4, 0.5) is 13.2 Å². The van der Waals surface area contributed by atoms with Gasteiger partial charge in [0.05, 0.1) is 29.0 Å². The summed E-state index contributed by atoms with van der Waals surface area (Å²) in [5.74, 6) is 1.62. The number of ketones is 1. The van der Waals surface area contributed by atoms with Crippen LogP contribution in [0.3, 0.4) is 0 Å². The van der Waals surface area contributed by atoms with Gasteiger partial charge in [-0.2, -0.15) is 13.2 Å². The molecule has 6 aromatic rings. The van der Waals surface area contributed by atoms with Crippen LogP contribution in [0.15, 0.2) is 122 Å². The lowest BCUT2D eigenvalue weighted by atomic mass is 9.94. The van der Waals surface area contributed by atoms with Gasteiger partial charge in [0.25, 0.3) is 0 Å². The fourth-order valence-corrected chi connectivity index (χ4v) is 6.59. The number of para-hydroxylation sites is 4. The van der Waals surface area contributed by atoms with Gasteiger partial charge in [0.15, 0.2) is 19.7 Å². The number of ether oxygens (including phenoxy) is 2. The van der Waals surface area contributed by atoms with E-state index >= 15 is 0 Å². The minimum atomic E-state index is -4.60. The first-order valence-electron chi connectivity index (χ1n) is 15.3. The third kappa shape index (κ3) is 8.07. The highest BCUT2D eigenvalue weighted by atomic mass is 28.4. The van der Waals surface area contributed by atoms with E-state index in [1.807, 2.05) is 66.7 Å². The van der Waals surface area contributed by atoms with E-state index in [0.717, 1.165) is 28.7 Å². The number of carbonyl (C=O) groups is 1. The molecule has 0 N–H and O–H groups in total. The second kappa shape index (κ2) is 14.0. The van der Waals surface area contributed by atoms with Gasteiger partial charge in [-0.3, -0.25) is 14.8 Å². The van der Waals surface area contributed by atoms with Gasteiger partial charge in [-0.25, -0.2) is 0 Å². The average molecular weight is 669 g/mol. The number of aromatic nitrogens is 2. The van der Waals surface area contributed by atoms with Crippen molar-refractivity contribution < 1.29 is 31.9 Å². The molecule has 0 aliphatic rings. The summed E-state index contributed by atoms with van der Waals surface area (Å²) in [7, 11) is -2.52. The number of hydrogen-bond acceptors (Lipinski definition) is 6. The fourth-order valence-electron chi connectivity index (χ4n) is 5.14. The zero-order valence-corrected chi connectivity index (χ0v) is 28.2. The molecule has 0 amide bonds. The number of alkyl halides is 3. The molecule has 0 fully saturated rings. The minimum absolute atomic E-state index is 0.0191. The van der Waals surface area contributed by atoms with Crippen LogP contribution in [0.5, 0.6) is 23.0 Å². The van der Waals surface area contributed by atoms with Crippen molar-refractivity contribution in [3.63, 3.8) is 0 Å². The molecule has 0 spiro atoms. The smallest absolute Gasteiger partial charge is 0.420 e. The number of nitrogens with zero attached hydrogens (tertiary/aromatic N) is 2. The van der Waals surface area contributed by atoms with Crippen molar-refractivity contribution in [2.75, 3.05) is 0 Å². The van der Waals surface area contributed by atoms with Gasteiger partial charge in [-0.05, 0) is 76.0 Å². The second-order valence-electron chi connectivity index (χ2n) is 12.2. The zero-order valence-electron chi connectivity index (χ0n) is 27.2. The predicted octanol–water partition coefficient (Wildman–Crippen LogP) is 10.9. The van der Waals surface area contributed by atoms with E-state index in [9.17, 15) is 18.0 Å². The monoisotopic (exact) mass is 668 g/mol. The van der Waals surface area contributed by atoms with Crippen molar-refractivity contribution >= 4 is 35.9 Å². The molecule has 6 rings (SSSR count). The SMILES string of the molecule is CC(=O)c1ccccc1Oc1cnc2ccccc2c1.CC(O[Si](C)(C)C)(c1ccccc1Oc1cnc2ccccc2c1)C(F)(F)F. The van der Waals surface area contributed by atoms with E-state index in [4.69, 9.17) is 13.9 Å². The van der Waals surface area contributed by atoms with E-state index in [1.54, 1.807) is 56.2 Å². The highest BCUT2D eigenvalue weighted by Gasteiger charge is 2.56. The molecule has 0 aliphatic heterocycles. The first-order valence-corrected chi connectivity index (χ1v) is 18.7. The first-order chi connectivity index (χ1) is 22.7. The Morgan fingerprint density at radius 2 is 1.12 bits per heavy atom. The number of hydrogen-bond donors (Lipinski definition) is 0. The molecule has 2 heterocycles. The van der Waals surface area contributed by atoms with Gasteiger partial charge in [0, 0.05) is 16.3 Å². The number of carbonyl (C=O) groups excluding carboxylic acids is 1. The highest BCUT2D eigenvalue weighted by Crippen LogP contribution is 2.47. The van der Waals surface area contributed by atoms with Crippen LogP contribution in [0.2, 0.25) is 19.6 Å². The Balaban J connectivity index is 0.000000198. The first kappa shape index (κ1) is 34.3. The van der Waals surface area contributed by atoms with Crippen LogP contribution < -0.4 is 9.47 Å². The molecular weight excluding hydrogens is 634 g/mol. The third-order valence-corrected chi connectivity index (χ3v) is 8.33. The lowest BCUT2D eigenvalue weighted by Crippen LogP contribution is -2.48. The molecule has 0 bridgehead atoms. The molecule has 246 valence electrons. The van der Waals surface area contributed by atoms with Crippen molar-refractivity contribution in [2.24, 2.45) is 0 Å². The quantitative estimate of drug-likeness (QED) is 0.119. The Morgan fingerprint density at radius 3 is 1.65 bits per heavy atom. The second-order valence-corrected chi connectivity index (χ2v) is 16.7. The Hall–Kier alpha value is -5.06. The Bertz CT molecular complexity index is 2060. The summed E-state index contributed by atoms with van der Waals surface area (Å²) in [4.78, 5) is 20.2. The lowest BCUT2D eigenvalue weighted by molar-refractivity contribution is -0.251. The van der Waals surface area contributed by atoms with E-state index < -0.39 is 20.1 Å². The highest BCUT2D eigenvalue weighted by molar-refractivity contribution is 6.69. The maximum Gasteiger partial charge on any atom is 0.420 e. The molecule has 0 saturated heterocycles. The molecule has 1 atom stereocenters. The molecule has 0 aliphatic carbocycles. The molecule has 6 nitrogen and oxygen atoms in total. The van der Waals surface area contributed by atoms with Crippen molar-refractivity contribution in [2.45, 2.75) is 45.3 Å². The van der Waals surface area contributed by atoms with Gasteiger partial charge in [-0.15, -0.1) is 0 Å². The number of rotatable bonds is 8. The number of pyridine rings is 2. The molecule has 0 radical (unpaired) electrons. The average Bonchev–Trinajstić information content (AvgIpc) is 3.04. The van der Waals surface area contributed by atoms with Gasteiger partial charge in [-0.1, -0.05) is 66.7 Å². The van der Waals surface area contributed by atoms with Crippen molar-refractivity contribution in [1.82, 2.24) is 9.97 Å². The summed E-state index contributed by atoms with van der Waals surface area (Å²) in [6, 6.07) is 32.3. The topological polar surface area (TPSA) is 70.5 Å². The standard InChI is InChI=1S/C21H22F3NO2Si.C17H13NO2/c1-20(21(22,23)24,27-28(2,3)4)17-10-6-8-12-19(17)26-16-13-15-9-5-7-11-18(15)25-14-16;1-12(19)15-7-3-5-9-17(15)20-14-10-13-6-2-4-8-16(13)18-11-14/h5-14H,1-4H3;2-11H,1H3. The van der Waals surface area contributed by atoms with Gasteiger partial charge < -0.3 is 13.9 Å². The van der Waals surface area contributed by atoms with E-state index in [-0.39, 0.29) is 17.1 Å². The van der Waals surface area contributed by atoms with Crippen LogP contribution in [0, 0.1) is 0 Å². The van der Waals surface area contributed by atoms with Gasteiger partial charge >= 0.3 is 6.18 Å². The van der Waals surface area contributed by atoms with Crippen LogP contribution in [-0.2, 0) is 10.0 Å². The normalized spacial score (nSPS) is 12.9. The number of fused-ring (bicyclic) bond motifs is 2. The minimum Gasteiger partial charge on any atom is -0.455 e. The summed E-state index contributed by atoms with van der Waals surface area (Å²) >= 11 is 0. The summed E-state index contributed by atoms with van der Waals surface area (Å²) < 4.78 is 59.5. The number of halogens is 3. The van der Waals surface area contributed by atoms with Gasteiger partial charge in [0.2, 0.25) is 0 Å². The summed E-state index contributed by atoms with van der Waals surface area (Å²) in [6.07, 6.45) is -1.43. The van der Waals surface area contributed by atoms with E-state index in [1.165, 1.54) is 25.3 Å². The Morgan fingerprint density at radius 1 is 0.667 bits per heavy atom. The lowest BCUT2D eigenvalue weighted by Gasteiger charge is -2.38. The summed E-state index contributed by atoms with van der Waals surface area (Å²) in [5.41, 5.74) is -0.262. The Labute approximate surface area is 278 Å². The van der Waals surface area contributed by atoms with Crippen LogP contribution in [-0.4, -0.2) is 30.2 Å². The molecular formula is C38H35F3N2O4Si. The predicted molar refractivity (Wildman–Crippen MR) is 184 cm³/mol. The van der Waals surface area contributed by atoms with E-state index in [0.29, 0.717) is 22.8 Å². The molecule has 48 heavy (non-hydrogen) atoms. The van der Waals surface area contributed by atoms with Crippen LogP contribution >= 0.6 is 0 Å². The molecule has 1 unspecified atom stereocenters.